The molecule has 0 N–H and O–H groups in total. The Morgan fingerprint density at radius 3 is 2.51 bits per heavy atom. The van der Waals surface area contributed by atoms with Gasteiger partial charge >= 0.3 is 6.18 Å². The summed E-state index contributed by atoms with van der Waals surface area (Å²) in [5.41, 5.74) is -0.106. The first kappa shape index (κ1) is 24.1. The minimum atomic E-state index is -4.55. The largest absolute Gasteiger partial charge is 0.494 e. The van der Waals surface area contributed by atoms with E-state index in [1.165, 1.54) is 18.3 Å². The van der Waals surface area contributed by atoms with Crippen LogP contribution in [0.2, 0.25) is 0 Å². The molecule has 5 rings (SSSR count). The molecule has 37 heavy (non-hydrogen) atoms. The van der Waals surface area contributed by atoms with Crippen LogP contribution in [-0.4, -0.2) is 22.5 Å². The fourth-order valence-corrected chi connectivity index (χ4v) is 3.83. The number of para-hydroxylation sites is 1. The number of benzene rings is 3. The van der Waals surface area contributed by atoms with E-state index in [-0.39, 0.29) is 16.8 Å². The summed E-state index contributed by atoms with van der Waals surface area (Å²) < 4.78 is 52.3. The molecule has 0 saturated carbocycles. The van der Waals surface area contributed by atoms with Gasteiger partial charge in [0.15, 0.2) is 5.82 Å². The van der Waals surface area contributed by atoms with Crippen molar-refractivity contribution in [2.45, 2.75) is 13.1 Å². The molecule has 0 unspecified atom stereocenters. The highest BCUT2D eigenvalue weighted by Gasteiger charge is 2.31. The zero-order valence-corrected chi connectivity index (χ0v) is 19.6. The first-order valence-electron chi connectivity index (χ1n) is 11.4. The Balaban J connectivity index is 1.55. The smallest absolute Gasteiger partial charge is 0.416 e. The molecular weight excluding hydrogens is 483 g/mol. The standard InChI is InChI=1S/C28H20F3N3O3/c1-2-36-21-12-10-18(11-13-21)25-15-14-22(37-25)17-32-34-26(19-6-5-7-20(16-19)28(29,30)31)33-24-9-4-3-8-23(24)27(34)35/h3-17H,2H2,1H3. The predicted molar refractivity (Wildman–Crippen MR) is 135 cm³/mol. The van der Waals surface area contributed by atoms with Crippen molar-refractivity contribution in [3.8, 4) is 28.5 Å². The van der Waals surface area contributed by atoms with Gasteiger partial charge in [0, 0.05) is 11.1 Å². The van der Waals surface area contributed by atoms with Crippen molar-refractivity contribution in [2.75, 3.05) is 6.61 Å². The van der Waals surface area contributed by atoms with Crippen molar-refractivity contribution in [1.29, 1.82) is 0 Å². The second kappa shape index (κ2) is 9.77. The molecule has 0 radical (unpaired) electrons. The monoisotopic (exact) mass is 503 g/mol. The van der Waals surface area contributed by atoms with Crippen LogP contribution < -0.4 is 10.3 Å². The molecule has 0 bridgehead atoms. The SMILES string of the molecule is CCOc1ccc(-c2ccc(C=Nn3c(-c4cccc(C(F)(F)F)c4)nc4ccccc4c3=O)o2)cc1. The van der Waals surface area contributed by atoms with Gasteiger partial charge < -0.3 is 9.15 Å². The molecule has 0 saturated heterocycles. The van der Waals surface area contributed by atoms with Gasteiger partial charge in [0.1, 0.15) is 17.3 Å². The highest BCUT2D eigenvalue weighted by atomic mass is 19.4. The van der Waals surface area contributed by atoms with Crippen LogP contribution >= 0.6 is 0 Å². The fourth-order valence-electron chi connectivity index (χ4n) is 3.83. The summed E-state index contributed by atoms with van der Waals surface area (Å²) in [5.74, 6) is 1.64. The summed E-state index contributed by atoms with van der Waals surface area (Å²) in [7, 11) is 0. The summed E-state index contributed by atoms with van der Waals surface area (Å²) in [6.07, 6.45) is -3.22. The number of halogens is 3. The number of aromatic nitrogens is 2. The van der Waals surface area contributed by atoms with Gasteiger partial charge in [-0.05, 0) is 67.6 Å². The Hall–Kier alpha value is -4.66. The number of fused-ring (bicyclic) bond motifs is 1. The van der Waals surface area contributed by atoms with Crippen LogP contribution in [0, 0.1) is 0 Å². The van der Waals surface area contributed by atoms with E-state index in [0.29, 0.717) is 23.6 Å². The van der Waals surface area contributed by atoms with Gasteiger partial charge in [0.05, 0.1) is 29.3 Å². The molecule has 6 nitrogen and oxygen atoms in total. The molecule has 0 aliphatic heterocycles. The highest BCUT2D eigenvalue weighted by molar-refractivity contribution is 5.81. The zero-order chi connectivity index (χ0) is 26.0. The number of alkyl halides is 3. The maximum Gasteiger partial charge on any atom is 0.416 e. The van der Waals surface area contributed by atoms with Crippen LogP contribution in [0.15, 0.2) is 99.2 Å². The zero-order valence-electron chi connectivity index (χ0n) is 19.6. The molecule has 0 aliphatic rings. The highest BCUT2D eigenvalue weighted by Crippen LogP contribution is 2.32. The number of rotatable bonds is 6. The van der Waals surface area contributed by atoms with Crippen LogP contribution in [0.4, 0.5) is 13.2 Å². The molecule has 0 amide bonds. The minimum Gasteiger partial charge on any atom is -0.494 e. The van der Waals surface area contributed by atoms with Crippen LogP contribution in [0.3, 0.4) is 0 Å². The Kier molecular flexibility index (Phi) is 6.35. The van der Waals surface area contributed by atoms with E-state index >= 15 is 0 Å². The van der Waals surface area contributed by atoms with Crippen molar-refractivity contribution in [2.24, 2.45) is 5.10 Å². The van der Waals surface area contributed by atoms with E-state index in [1.54, 1.807) is 36.4 Å². The maximum atomic E-state index is 13.4. The molecule has 0 aliphatic carbocycles. The second-order valence-corrected chi connectivity index (χ2v) is 8.05. The van der Waals surface area contributed by atoms with Crippen molar-refractivity contribution in [1.82, 2.24) is 9.66 Å². The van der Waals surface area contributed by atoms with Crippen molar-refractivity contribution < 1.29 is 22.3 Å². The molecule has 9 heteroatoms. The average Bonchev–Trinajstić information content (AvgIpc) is 3.37. The van der Waals surface area contributed by atoms with Gasteiger partial charge in [-0.3, -0.25) is 4.79 Å². The molecule has 5 aromatic rings. The molecule has 186 valence electrons. The average molecular weight is 503 g/mol. The topological polar surface area (TPSA) is 69.6 Å². The first-order chi connectivity index (χ1) is 17.8. The van der Waals surface area contributed by atoms with Gasteiger partial charge in [0.25, 0.3) is 5.56 Å². The van der Waals surface area contributed by atoms with Crippen LogP contribution in [-0.2, 0) is 6.18 Å². The van der Waals surface area contributed by atoms with Crippen LogP contribution in [0.25, 0.3) is 33.6 Å². The van der Waals surface area contributed by atoms with E-state index in [2.05, 4.69) is 10.1 Å². The molecule has 0 atom stereocenters. The maximum absolute atomic E-state index is 13.4. The van der Waals surface area contributed by atoms with Gasteiger partial charge in [-0.15, -0.1) is 0 Å². The Bertz CT molecular complexity index is 1650. The normalized spacial score (nSPS) is 11.9. The number of nitrogens with zero attached hydrogens (tertiary/aromatic N) is 3. The van der Waals surface area contributed by atoms with E-state index in [9.17, 15) is 18.0 Å². The molecule has 0 spiro atoms. The van der Waals surface area contributed by atoms with Crippen molar-refractivity contribution >= 4 is 17.1 Å². The summed E-state index contributed by atoms with van der Waals surface area (Å²) >= 11 is 0. The van der Waals surface area contributed by atoms with E-state index in [4.69, 9.17) is 9.15 Å². The van der Waals surface area contributed by atoms with Gasteiger partial charge in [-0.1, -0.05) is 24.3 Å². The van der Waals surface area contributed by atoms with E-state index in [1.807, 2.05) is 31.2 Å². The Labute approximate surface area is 209 Å². The summed E-state index contributed by atoms with van der Waals surface area (Å²) in [4.78, 5) is 17.7. The van der Waals surface area contributed by atoms with E-state index in [0.717, 1.165) is 28.1 Å². The first-order valence-corrected chi connectivity index (χ1v) is 11.4. The predicted octanol–water partition coefficient (Wildman–Crippen LogP) is 6.62. The lowest BCUT2D eigenvalue weighted by Crippen LogP contribution is -2.20. The quantitative estimate of drug-likeness (QED) is 0.244. The van der Waals surface area contributed by atoms with Gasteiger partial charge in [0.2, 0.25) is 0 Å². The van der Waals surface area contributed by atoms with Gasteiger partial charge in [-0.2, -0.15) is 22.9 Å². The third-order valence-corrected chi connectivity index (χ3v) is 5.58. The minimum absolute atomic E-state index is 0.0238. The molecule has 3 aromatic carbocycles. The lowest BCUT2D eigenvalue weighted by atomic mass is 10.1. The summed E-state index contributed by atoms with van der Waals surface area (Å²) in [6, 6.07) is 22.0. The lowest BCUT2D eigenvalue weighted by molar-refractivity contribution is -0.137. The molecular formula is C28H20F3N3O3. The second-order valence-electron chi connectivity index (χ2n) is 8.05. The molecule has 2 aromatic heterocycles. The van der Waals surface area contributed by atoms with Crippen molar-refractivity contribution in [3.05, 3.63) is 107 Å². The van der Waals surface area contributed by atoms with Crippen LogP contribution in [0.1, 0.15) is 18.2 Å². The van der Waals surface area contributed by atoms with Gasteiger partial charge in [-0.25, -0.2) is 4.98 Å². The third-order valence-electron chi connectivity index (χ3n) is 5.58. The Morgan fingerprint density at radius 2 is 1.76 bits per heavy atom. The lowest BCUT2D eigenvalue weighted by Gasteiger charge is -2.11. The number of furan rings is 1. The number of hydrogen-bond acceptors (Lipinski definition) is 5. The fraction of sp³-hybridized carbons (Fsp3) is 0.107. The molecule has 2 heterocycles. The summed E-state index contributed by atoms with van der Waals surface area (Å²) in [6.45, 7) is 2.47. The number of ether oxygens (including phenoxy) is 1. The number of hydrogen-bond donors (Lipinski definition) is 0. The van der Waals surface area contributed by atoms with Crippen molar-refractivity contribution in [3.63, 3.8) is 0 Å². The van der Waals surface area contributed by atoms with E-state index < -0.39 is 17.3 Å². The Morgan fingerprint density at radius 1 is 0.973 bits per heavy atom. The third kappa shape index (κ3) is 5.02. The summed E-state index contributed by atoms with van der Waals surface area (Å²) in [5, 5.41) is 4.54. The molecule has 0 fully saturated rings. The van der Waals surface area contributed by atoms with Crippen LogP contribution in [0.5, 0.6) is 5.75 Å².